The lowest BCUT2D eigenvalue weighted by Gasteiger charge is -2.56. The molecule has 29 heavy (non-hydrogen) atoms. The second-order valence-electron chi connectivity index (χ2n) is 8.55. The Balaban J connectivity index is 1.37. The van der Waals surface area contributed by atoms with Gasteiger partial charge in [-0.1, -0.05) is 18.2 Å². The van der Waals surface area contributed by atoms with E-state index in [9.17, 15) is 14.7 Å². The van der Waals surface area contributed by atoms with Gasteiger partial charge >= 0.3 is 0 Å². The maximum Gasteiger partial charge on any atom is 0.234 e. The molecule has 4 atom stereocenters. The van der Waals surface area contributed by atoms with Crippen molar-refractivity contribution in [3.8, 4) is 5.75 Å². The van der Waals surface area contributed by atoms with Crippen LogP contribution in [-0.4, -0.2) is 72.2 Å². The zero-order valence-electron chi connectivity index (χ0n) is 17.0. The van der Waals surface area contributed by atoms with E-state index in [1.807, 2.05) is 29.2 Å². The van der Waals surface area contributed by atoms with Gasteiger partial charge in [-0.25, -0.2) is 0 Å². The molecule has 3 saturated heterocycles. The molecule has 3 aliphatic heterocycles. The number of aliphatic hydroxyl groups is 1. The van der Waals surface area contributed by atoms with Gasteiger partial charge in [0.25, 0.3) is 0 Å². The van der Waals surface area contributed by atoms with E-state index in [1.165, 1.54) is 0 Å². The number of likely N-dealkylation sites (tertiary alicyclic amines) is 1. The lowest BCUT2D eigenvalue weighted by Crippen LogP contribution is -2.66. The first-order valence-electron chi connectivity index (χ1n) is 10.6. The number of nitrogens with zero attached hydrogens (tertiary/aromatic N) is 2. The van der Waals surface area contributed by atoms with E-state index in [0.717, 1.165) is 43.7 Å². The summed E-state index contributed by atoms with van der Waals surface area (Å²) in [5.41, 5.74) is 0.954. The smallest absolute Gasteiger partial charge is 0.234 e. The van der Waals surface area contributed by atoms with Crippen molar-refractivity contribution >= 4 is 11.8 Å². The maximum absolute atomic E-state index is 12.6. The Morgan fingerprint density at radius 3 is 2.86 bits per heavy atom. The van der Waals surface area contributed by atoms with Gasteiger partial charge in [0.15, 0.2) is 0 Å². The molecule has 7 heteroatoms. The van der Waals surface area contributed by atoms with Crippen LogP contribution in [0.5, 0.6) is 5.75 Å². The average molecular weight is 402 g/mol. The lowest BCUT2D eigenvalue weighted by molar-refractivity contribution is -0.156. The van der Waals surface area contributed by atoms with Gasteiger partial charge in [-0.15, -0.1) is 0 Å². The molecule has 3 aliphatic rings. The predicted octanol–water partition coefficient (Wildman–Crippen LogP) is 1.01. The van der Waals surface area contributed by atoms with Crippen LogP contribution in [0.15, 0.2) is 24.3 Å². The van der Waals surface area contributed by atoms with Crippen LogP contribution >= 0.6 is 0 Å². The third-order valence-electron chi connectivity index (χ3n) is 6.80. The second kappa shape index (κ2) is 8.71. The van der Waals surface area contributed by atoms with Crippen LogP contribution in [0.2, 0.25) is 0 Å². The summed E-state index contributed by atoms with van der Waals surface area (Å²) in [6, 6.07) is 7.78. The number of methoxy groups -OCH3 is 1. The number of ether oxygens (including phenoxy) is 1. The zero-order chi connectivity index (χ0) is 20.4. The van der Waals surface area contributed by atoms with E-state index in [2.05, 4.69) is 10.2 Å². The molecule has 0 unspecified atom stereocenters. The number of rotatable bonds is 6. The first kappa shape index (κ1) is 20.2. The van der Waals surface area contributed by atoms with Crippen LogP contribution in [-0.2, 0) is 16.1 Å². The van der Waals surface area contributed by atoms with Gasteiger partial charge in [-0.3, -0.25) is 14.5 Å². The first-order chi connectivity index (χ1) is 14.1. The van der Waals surface area contributed by atoms with Gasteiger partial charge in [0.2, 0.25) is 11.8 Å². The van der Waals surface area contributed by atoms with Gasteiger partial charge < -0.3 is 20.1 Å². The zero-order valence-corrected chi connectivity index (χ0v) is 17.0. The van der Waals surface area contributed by atoms with Gasteiger partial charge in [0.1, 0.15) is 5.75 Å². The van der Waals surface area contributed by atoms with Crippen molar-refractivity contribution in [1.29, 1.82) is 0 Å². The second-order valence-corrected chi connectivity index (χ2v) is 8.55. The van der Waals surface area contributed by atoms with E-state index >= 15 is 0 Å². The van der Waals surface area contributed by atoms with E-state index < -0.39 is 0 Å². The Bertz CT molecular complexity index is 741. The number of hydrogen-bond acceptors (Lipinski definition) is 5. The molecule has 0 radical (unpaired) electrons. The minimum atomic E-state index is -0.108. The van der Waals surface area contributed by atoms with Gasteiger partial charge in [-0.2, -0.15) is 0 Å². The van der Waals surface area contributed by atoms with Crippen molar-refractivity contribution in [2.45, 2.75) is 44.3 Å². The standard InChI is InChI=1S/C22H31N3O4/c1-29-20-7-3-2-5-15(20)10-23-21(27)13-24-11-16-9-17(12-24)19(14-26)25-18(16)6-4-8-22(25)28/h2-3,5,7,16-19,26H,4,6,8-14H2,1H3,(H,23,27)/t16-,17+,18+,19+/m1/s1. The minimum absolute atomic E-state index is 0.00648. The molecule has 7 nitrogen and oxygen atoms in total. The van der Waals surface area contributed by atoms with Crippen molar-refractivity contribution in [3.63, 3.8) is 0 Å². The average Bonchev–Trinajstić information content (AvgIpc) is 2.73. The normalized spacial score (nSPS) is 29.3. The number of benzene rings is 1. The van der Waals surface area contributed by atoms with Crippen molar-refractivity contribution in [1.82, 2.24) is 15.1 Å². The summed E-state index contributed by atoms with van der Waals surface area (Å²) >= 11 is 0. The van der Waals surface area contributed by atoms with E-state index in [0.29, 0.717) is 25.4 Å². The van der Waals surface area contributed by atoms with Crippen LogP contribution in [0.1, 0.15) is 31.2 Å². The summed E-state index contributed by atoms with van der Waals surface area (Å²) in [5, 5.41) is 13.0. The topological polar surface area (TPSA) is 82.1 Å². The van der Waals surface area contributed by atoms with Crippen LogP contribution in [0.25, 0.3) is 0 Å². The molecule has 2 amide bonds. The molecule has 0 spiro atoms. The number of piperidine rings is 3. The summed E-state index contributed by atoms with van der Waals surface area (Å²) in [7, 11) is 1.63. The number of nitrogens with one attached hydrogen (secondary N) is 1. The third-order valence-corrected chi connectivity index (χ3v) is 6.80. The SMILES string of the molecule is COc1ccccc1CNC(=O)CN1C[C@H]2C[C@@H](C1)[C@H](CO)N1C(=O)CCC[C@@H]21. The fourth-order valence-electron chi connectivity index (χ4n) is 5.54. The molecule has 1 aromatic carbocycles. The van der Waals surface area contributed by atoms with E-state index in [4.69, 9.17) is 4.74 Å². The molecular weight excluding hydrogens is 370 g/mol. The van der Waals surface area contributed by atoms with E-state index in [-0.39, 0.29) is 36.4 Å². The Labute approximate surface area is 172 Å². The van der Waals surface area contributed by atoms with Crippen molar-refractivity contribution in [2.75, 3.05) is 33.4 Å². The first-order valence-corrected chi connectivity index (χ1v) is 10.6. The summed E-state index contributed by atoms with van der Waals surface area (Å²) in [4.78, 5) is 29.3. The van der Waals surface area contributed by atoms with Crippen LogP contribution in [0.3, 0.4) is 0 Å². The van der Waals surface area contributed by atoms with E-state index in [1.54, 1.807) is 7.11 Å². The van der Waals surface area contributed by atoms with Crippen molar-refractivity contribution in [2.24, 2.45) is 11.8 Å². The number of carbonyl (C=O) groups is 2. The Morgan fingerprint density at radius 2 is 2.07 bits per heavy atom. The lowest BCUT2D eigenvalue weighted by atomic mass is 9.72. The molecule has 0 aliphatic carbocycles. The molecule has 3 fully saturated rings. The fourth-order valence-corrected chi connectivity index (χ4v) is 5.54. The number of hydrogen-bond donors (Lipinski definition) is 2. The highest BCUT2D eigenvalue weighted by Crippen LogP contribution is 2.41. The van der Waals surface area contributed by atoms with Crippen LogP contribution in [0, 0.1) is 11.8 Å². The highest BCUT2D eigenvalue weighted by molar-refractivity contribution is 5.78. The predicted molar refractivity (Wildman–Crippen MR) is 108 cm³/mol. The number of para-hydroxylation sites is 1. The summed E-state index contributed by atoms with van der Waals surface area (Å²) in [6.45, 7) is 2.38. The monoisotopic (exact) mass is 401 g/mol. The largest absolute Gasteiger partial charge is 0.496 e. The molecule has 1 aromatic rings. The quantitative estimate of drug-likeness (QED) is 0.743. The van der Waals surface area contributed by atoms with Crippen molar-refractivity contribution < 1.29 is 19.4 Å². The summed E-state index contributed by atoms with van der Waals surface area (Å²) < 4.78 is 5.34. The highest BCUT2D eigenvalue weighted by Gasteiger charge is 2.49. The van der Waals surface area contributed by atoms with Gasteiger partial charge in [0.05, 0.1) is 26.3 Å². The molecule has 0 saturated carbocycles. The minimum Gasteiger partial charge on any atom is -0.496 e. The molecule has 4 rings (SSSR count). The number of carbonyl (C=O) groups excluding carboxylic acids is 2. The number of amides is 2. The molecule has 2 bridgehead atoms. The summed E-state index contributed by atoms with van der Waals surface area (Å²) in [5.74, 6) is 1.58. The highest BCUT2D eigenvalue weighted by atomic mass is 16.5. The molecule has 158 valence electrons. The Morgan fingerprint density at radius 1 is 1.28 bits per heavy atom. The van der Waals surface area contributed by atoms with Gasteiger partial charge in [-0.05, 0) is 37.2 Å². The van der Waals surface area contributed by atoms with Crippen LogP contribution < -0.4 is 10.1 Å². The molecule has 0 aromatic heterocycles. The van der Waals surface area contributed by atoms with Gasteiger partial charge in [0, 0.05) is 37.7 Å². The third kappa shape index (κ3) is 4.12. The Hall–Kier alpha value is -2.12. The van der Waals surface area contributed by atoms with Crippen molar-refractivity contribution in [3.05, 3.63) is 29.8 Å². The Kier molecular flexibility index (Phi) is 6.06. The molecule has 2 N–H and O–H groups in total. The molecule has 3 heterocycles. The fraction of sp³-hybridized carbons (Fsp3) is 0.636. The maximum atomic E-state index is 12.6. The number of fused-ring (bicyclic) bond motifs is 4. The summed E-state index contributed by atoms with van der Waals surface area (Å²) in [6.07, 6.45) is 3.58. The molecular formula is C22H31N3O4. The van der Waals surface area contributed by atoms with Crippen LogP contribution in [0.4, 0.5) is 0 Å². The number of aliphatic hydroxyl groups excluding tert-OH is 1.